The Hall–Kier alpha value is -1.71. The first-order chi connectivity index (χ1) is 7.75. The summed E-state index contributed by atoms with van der Waals surface area (Å²) in [6, 6.07) is 7.19. The molecule has 1 heterocycles. The number of hydrogen-bond acceptors (Lipinski definition) is 3. The predicted molar refractivity (Wildman–Crippen MR) is 61.8 cm³/mol. The Morgan fingerprint density at radius 1 is 1.19 bits per heavy atom. The zero-order valence-corrected chi connectivity index (χ0v) is 9.39. The summed E-state index contributed by atoms with van der Waals surface area (Å²) < 4.78 is 0. The van der Waals surface area contributed by atoms with Crippen LogP contribution >= 0.6 is 0 Å². The smallest absolute Gasteiger partial charge is 0.159 e. The molecule has 16 heavy (non-hydrogen) atoms. The highest BCUT2D eigenvalue weighted by molar-refractivity contribution is 5.94. The second kappa shape index (κ2) is 4.88. The number of Topliss-reactive ketones (excluding diaryl/α,β-unsaturated/α-hetero) is 1. The highest BCUT2D eigenvalue weighted by atomic mass is 16.1. The van der Waals surface area contributed by atoms with E-state index in [0.29, 0.717) is 5.56 Å². The van der Waals surface area contributed by atoms with Gasteiger partial charge in [0.05, 0.1) is 5.69 Å². The summed E-state index contributed by atoms with van der Waals surface area (Å²) in [5.74, 6) is 0.0723. The third-order valence-corrected chi connectivity index (χ3v) is 2.64. The lowest BCUT2D eigenvalue weighted by atomic mass is 10.1. The van der Waals surface area contributed by atoms with Gasteiger partial charge in [0, 0.05) is 18.7 Å². The Bertz CT molecular complexity index is 391. The third-order valence-electron chi connectivity index (χ3n) is 2.64. The summed E-state index contributed by atoms with van der Waals surface area (Å²) >= 11 is 0. The zero-order chi connectivity index (χ0) is 11.4. The molecule has 0 saturated carbocycles. The summed E-state index contributed by atoms with van der Waals surface area (Å²) in [5, 5.41) is 10.2. The van der Waals surface area contributed by atoms with E-state index in [1.165, 1.54) is 12.8 Å². The van der Waals surface area contributed by atoms with E-state index in [1.54, 1.807) is 19.1 Å². The van der Waals surface area contributed by atoms with Gasteiger partial charge in [-0.05, 0) is 44.0 Å². The van der Waals surface area contributed by atoms with E-state index in [4.69, 9.17) is 0 Å². The Labute approximate surface area is 95.0 Å². The molecule has 0 aliphatic carbocycles. The Morgan fingerprint density at radius 2 is 1.81 bits per heavy atom. The highest BCUT2D eigenvalue weighted by Gasteiger charge is 2.08. The molecule has 1 aliphatic heterocycles. The normalized spacial score (nSPS) is 15.9. The minimum atomic E-state index is 0.0723. The van der Waals surface area contributed by atoms with Crippen molar-refractivity contribution in [1.29, 1.82) is 0 Å². The van der Waals surface area contributed by atoms with Crippen LogP contribution in [0.2, 0.25) is 0 Å². The summed E-state index contributed by atoms with van der Waals surface area (Å²) in [5.41, 5.74) is 1.50. The number of carbonyl (C=O) groups is 1. The van der Waals surface area contributed by atoms with Crippen LogP contribution in [0.5, 0.6) is 0 Å². The molecule has 0 atom stereocenters. The van der Waals surface area contributed by atoms with Gasteiger partial charge in [0.15, 0.2) is 5.78 Å². The van der Waals surface area contributed by atoms with Crippen molar-refractivity contribution < 1.29 is 4.79 Å². The zero-order valence-electron chi connectivity index (χ0n) is 9.39. The van der Waals surface area contributed by atoms with Gasteiger partial charge in [0.1, 0.15) is 0 Å². The largest absolute Gasteiger partial charge is 0.295 e. The van der Waals surface area contributed by atoms with Crippen molar-refractivity contribution in [3.63, 3.8) is 0 Å². The number of nitrogens with zero attached hydrogens (tertiary/aromatic N) is 3. The number of rotatable bonds is 3. The van der Waals surface area contributed by atoms with Crippen LogP contribution < -0.4 is 0 Å². The third kappa shape index (κ3) is 2.66. The van der Waals surface area contributed by atoms with E-state index in [9.17, 15) is 4.79 Å². The van der Waals surface area contributed by atoms with Gasteiger partial charge in [-0.3, -0.25) is 9.80 Å². The first kappa shape index (κ1) is 10.8. The Kier molecular flexibility index (Phi) is 3.29. The maximum Gasteiger partial charge on any atom is 0.159 e. The van der Waals surface area contributed by atoms with E-state index in [1.807, 2.05) is 17.1 Å². The second-order valence-corrected chi connectivity index (χ2v) is 3.95. The lowest BCUT2D eigenvalue weighted by Crippen LogP contribution is -2.09. The molecule has 4 nitrogen and oxygen atoms in total. The molecular weight excluding hydrogens is 202 g/mol. The average Bonchev–Trinajstić information content (AvgIpc) is 2.80. The van der Waals surface area contributed by atoms with Gasteiger partial charge in [-0.2, -0.15) is 0 Å². The molecule has 0 aromatic heterocycles. The molecule has 1 saturated heterocycles. The van der Waals surface area contributed by atoms with Gasteiger partial charge in [-0.25, -0.2) is 0 Å². The van der Waals surface area contributed by atoms with Crippen molar-refractivity contribution in [3.05, 3.63) is 29.8 Å². The van der Waals surface area contributed by atoms with E-state index in [2.05, 4.69) is 10.3 Å². The van der Waals surface area contributed by atoms with Crippen molar-refractivity contribution in [2.24, 2.45) is 10.3 Å². The van der Waals surface area contributed by atoms with Crippen LogP contribution in [0.15, 0.2) is 34.6 Å². The minimum Gasteiger partial charge on any atom is -0.295 e. The van der Waals surface area contributed by atoms with Crippen molar-refractivity contribution in [1.82, 2.24) is 5.01 Å². The molecule has 2 rings (SSSR count). The molecule has 0 N–H and O–H groups in total. The van der Waals surface area contributed by atoms with Gasteiger partial charge in [0.2, 0.25) is 0 Å². The molecule has 1 aliphatic rings. The number of hydrogen-bond donors (Lipinski definition) is 0. The van der Waals surface area contributed by atoms with Crippen LogP contribution in [0.25, 0.3) is 0 Å². The monoisotopic (exact) mass is 217 g/mol. The summed E-state index contributed by atoms with van der Waals surface area (Å²) in [6.07, 6.45) is 2.39. The van der Waals surface area contributed by atoms with Gasteiger partial charge < -0.3 is 0 Å². The van der Waals surface area contributed by atoms with Crippen LogP contribution in [0.4, 0.5) is 5.69 Å². The number of benzene rings is 1. The molecule has 4 heteroatoms. The standard InChI is InChI=1S/C12H15N3O/c1-10(16)11-4-6-12(7-5-11)13-14-15-8-2-3-9-15/h4-7H,2-3,8-9H2,1H3. The van der Waals surface area contributed by atoms with Gasteiger partial charge in [0.25, 0.3) is 0 Å². The topological polar surface area (TPSA) is 45.0 Å². The van der Waals surface area contributed by atoms with E-state index < -0.39 is 0 Å². The highest BCUT2D eigenvalue weighted by Crippen LogP contribution is 2.16. The van der Waals surface area contributed by atoms with Crippen molar-refractivity contribution in [3.8, 4) is 0 Å². The lowest BCUT2D eigenvalue weighted by molar-refractivity contribution is 0.101. The van der Waals surface area contributed by atoms with Crippen molar-refractivity contribution in [2.45, 2.75) is 19.8 Å². The number of ketones is 1. The summed E-state index contributed by atoms with van der Waals surface area (Å²) in [6.45, 7) is 3.55. The SMILES string of the molecule is CC(=O)c1ccc(N=NN2CCCC2)cc1. The van der Waals surface area contributed by atoms with Crippen molar-refractivity contribution in [2.75, 3.05) is 13.1 Å². The van der Waals surface area contributed by atoms with Crippen molar-refractivity contribution >= 4 is 11.5 Å². The average molecular weight is 217 g/mol. The molecular formula is C12H15N3O. The minimum absolute atomic E-state index is 0.0723. The van der Waals surface area contributed by atoms with E-state index >= 15 is 0 Å². The van der Waals surface area contributed by atoms with Crippen LogP contribution in [0.3, 0.4) is 0 Å². The van der Waals surface area contributed by atoms with Gasteiger partial charge in [-0.15, -0.1) is 5.11 Å². The van der Waals surface area contributed by atoms with Gasteiger partial charge in [-0.1, -0.05) is 5.22 Å². The number of carbonyl (C=O) groups excluding carboxylic acids is 1. The second-order valence-electron chi connectivity index (χ2n) is 3.95. The summed E-state index contributed by atoms with van der Waals surface area (Å²) in [7, 11) is 0. The van der Waals surface area contributed by atoms with E-state index in [0.717, 1.165) is 18.8 Å². The van der Waals surface area contributed by atoms with Crippen LogP contribution in [-0.4, -0.2) is 23.9 Å². The predicted octanol–water partition coefficient (Wildman–Crippen LogP) is 2.98. The first-order valence-electron chi connectivity index (χ1n) is 5.53. The molecule has 0 amide bonds. The van der Waals surface area contributed by atoms with Crippen LogP contribution in [-0.2, 0) is 0 Å². The molecule has 0 spiro atoms. The molecule has 1 aromatic rings. The van der Waals surface area contributed by atoms with E-state index in [-0.39, 0.29) is 5.78 Å². The Balaban J connectivity index is 2.01. The molecule has 1 fully saturated rings. The molecule has 0 unspecified atom stereocenters. The lowest BCUT2D eigenvalue weighted by Gasteiger charge is -2.06. The first-order valence-corrected chi connectivity index (χ1v) is 5.53. The maximum atomic E-state index is 11.1. The fourth-order valence-corrected chi connectivity index (χ4v) is 1.67. The molecule has 84 valence electrons. The molecule has 0 bridgehead atoms. The quantitative estimate of drug-likeness (QED) is 0.577. The van der Waals surface area contributed by atoms with Gasteiger partial charge >= 0.3 is 0 Å². The van der Waals surface area contributed by atoms with Crippen LogP contribution in [0.1, 0.15) is 30.1 Å². The maximum absolute atomic E-state index is 11.1. The molecule has 1 aromatic carbocycles. The molecule has 0 radical (unpaired) electrons. The Morgan fingerprint density at radius 3 is 2.38 bits per heavy atom. The summed E-state index contributed by atoms with van der Waals surface area (Å²) in [4.78, 5) is 11.1. The fraction of sp³-hybridized carbons (Fsp3) is 0.417. The van der Waals surface area contributed by atoms with Crippen LogP contribution in [0, 0.1) is 0 Å². The fourth-order valence-electron chi connectivity index (χ4n) is 1.67.